The Morgan fingerprint density at radius 3 is 2.83 bits per heavy atom. The zero-order valence-electron chi connectivity index (χ0n) is 9.90. The highest BCUT2D eigenvalue weighted by Gasteiger charge is 2.21. The van der Waals surface area contributed by atoms with Crippen LogP contribution in [0.1, 0.15) is 36.2 Å². The Morgan fingerprint density at radius 2 is 2.22 bits per heavy atom. The Bertz CT molecular complexity index is 427. The molecule has 1 amide bonds. The van der Waals surface area contributed by atoms with Gasteiger partial charge in [-0.15, -0.1) is 0 Å². The van der Waals surface area contributed by atoms with E-state index in [-0.39, 0.29) is 23.3 Å². The van der Waals surface area contributed by atoms with Crippen LogP contribution >= 0.6 is 0 Å². The van der Waals surface area contributed by atoms with E-state index in [0.717, 1.165) is 30.4 Å². The van der Waals surface area contributed by atoms with Crippen molar-refractivity contribution in [3.05, 3.63) is 11.9 Å². The van der Waals surface area contributed by atoms with Crippen LogP contribution in [0.5, 0.6) is 0 Å². The van der Waals surface area contributed by atoms with E-state index in [1.807, 2.05) is 0 Å². The lowest BCUT2D eigenvalue weighted by Crippen LogP contribution is -2.33. The summed E-state index contributed by atoms with van der Waals surface area (Å²) in [6.45, 7) is -0.555. The third kappa shape index (κ3) is 2.96. The monoisotopic (exact) mass is 258 g/mol. The summed E-state index contributed by atoms with van der Waals surface area (Å²) >= 11 is 0. The minimum absolute atomic E-state index is 0.0301. The third-order valence-corrected chi connectivity index (χ3v) is 3.02. The van der Waals surface area contributed by atoms with E-state index in [0.29, 0.717) is 0 Å². The third-order valence-electron chi connectivity index (χ3n) is 3.02. The molecule has 1 fully saturated rings. The average Bonchev–Trinajstić information content (AvgIpc) is 2.87. The molecule has 1 aromatic rings. The van der Waals surface area contributed by atoms with E-state index in [1.54, 1.807) is 0 Å². The first kappa shape index (κ1) is 12.8. The molecule has 2 rings (SSSR count). The summed E-state index contributed by atoms with van der Waals surface area (Å²) in [5.74, 6) is -0.382. The van der Waals surface area contributed by atoms with Crippen LogP contribution in [0.2, 0.25) is 0 Å². The normalized spacial score (nSPS) is 16.4. The summed E-state index contributed by atoms with van der Waals surface area (Å²) < 4.78 is 25.4. The van der Waals surface area contributed by atoms with Crippen molar-refractivity contribution in [2.45, 2.75) is 44.7 Å². The topological polar surface area (TPSA) is 72.9 Å². The molecule has 0 aliphatic heterocycles. The van der Waals surface area contributed by atoms with Crippen LogP contribution in [0.4, 0.5) is 14.5 Å². The van der Waals surface area contributed by atoms with Gasteiger partial charge in [0.2, 0.25) is 0 Å². The Hall–Kier alpha value is -1.66. The number of hydrogen-bond acceptors (Lipinski definition) is 3. The first-order valence-electron chi connectivity index (χ1n) is 5.98. The number of amides is 1. The summed E-state index contributed by atoms with van der Waals surface area (Å²) in [5, 5.41) is 6.61. The van der Waals surface area contributed by atoms with Crippen molar-refractivity contribution < 1.29 is 13.6 Å². The Labute approximate surface area is 103 Å². The fraction of sp³-hybridized carbons (Fsp3) is 0.636. The minimum atomic E-state index is -2.52. The number of nitrogen functional groups attached to an aromatic ring is 1. The van der Waals surface area contributed by atoms with Gasteiger partial charge in [-0.2, -0.15) is 5.10 Å². The van der Waals surface area contributed by atoms with Crippen molar-refractivity contribution in [1.82, 2.24) is 15.1 Å². The number of nitrogens with one attached hydrogen (secondary N) is 1. The molecule has 0 saturated heterocycles. The van der Waals surface area contributed by atoms with Gasteiger partial charge in [0.25, 0.3) is 12.3 Å². The molecule has 1 aliphatic rings. The van der Waals surface area contributed by atoms with Gasteiger partial charge in [-0.25, -0.2) is 8.78 Å². The second kappa shape index (κ2) is 5.32. The van der Waals surface area contributed by atoms with Crippen LogP contribution in [0.15, 0.2) is 6.20 Å². The average molecular weight is 258 g/mol. The van der Waals surface area contributed by atoms with Gasteiger partial charge >= 0.3 is 0 Å². The van der Waals surface area contributed by atoms with Crippen molar-refractivity contribution in [3.8, 4) is 0 Å². The lowest BCUT2D eigenvalue weighted by Gasteiger charge is -2.10. The Kier molecular flexibility index (Phi) is 3.78. The van der Waals surface area contributed by atoms with Gasteiger partial charge in [0.05, 0.1) is 5.69 Å². The first-order valence-corrected chi connectivity index (χ1v) is 5.98. The van der Waals surface area contributed by atoms with E-state index >= 15 is 0 Å². The van der Waals surface area contributed by atoms with Crippen LogP contribution in [0.25, 0.3) is 0 Å². The molecule has 0 atom stereocenters. The second-order valence-electron chi connectivity index (χ2n) is 4.50. The maximum Gasteiger partial charge on any atom is 0.274 e. The van der Waals surface area contributed by atoms with Gasteiger partial charge in [0, 0.05) is 12.2 Å². The fourth-order valence-corrected chi connectivity index (χ4v) is 2.17. The summed E-state index contributed by atoms with van der Waals surface area (Å²) in [6.07, 6.45) is 2.83. The number of rotatable bonds is 4. The number of nitrogens with zero attached hydrogens (tertiary/aromatic N) is 2. The fourth-order valence-electron chi connectivity index (χ4n) is 2.17. The number of alkyl halides is 2. The minimum Gasteiger partial charge on any atom is -0.396 e. The zero-order chi connectivity index (χ0) is 13.1. The van der Waals surface area contributed by atoms with E-state index in [4.69, 9.17) is 5.73 Å². The number of hydrogen-bond donors (Lipinski definition) is 2. The molecule has 3 N–H and O–H groups in total. The molecule has 0 bridgehead atoms. The highest BCUT2D eigenvalue weighted by atomic mass is 19.3. The van der Waals surface area contributed by atoms with E-state index in [1.165, 1.54) is 6.20 Å². The summed E-state index contributed by atoms with van der Waals surface area (Å²) in [4.78, 5) is 11.9. The molecule has 0 unspecified atom stereocenters. The molecule has 0 spiro atoms. The molecule has 7 heteroatoms. The first-order chi connectivity index (χ1) is 8.56. The second-order valence-corrected chi connectivity index (χ2v) is 4.50. The van der Waals surface area contributed by atoms with Gasteiger partial charge in [-0.3, -0.25) is 9.48 Å². The maximum atomic E-state index is 12.2. The highest BCUT2D eigenvalue weighted by Crippen LogP contribution is 2.19. The predicted molar refractivity (Wildman–Crippen MR) is 62.4 cm³/mol. The quantitative estimate of drug-likeness (QED) is 0.857. The number of anilines is 1. The predicted octanol–water partition coefficient (Wildman–Crippen LogP) is 1.40. The van der Waals surface area contributed by atoms with Crippen LogP contribution in [-0.4, -0.2) is 28.2 Å². The molecular weight excluding hydrogens is 242 g/mol. The van der Waals surface area contributed by atoms with E-state index in [9.17, 15) is 13.6 Å². The van der Waals surface area contributed by atoms with Gasteiger partial charge in [-0.1, -0.05) is 12.8 Å². The lowest BCUT2D eigenvalue weighted by molar-refractivity contribution is 0.0928. The molecule has 1 aliphatic carbocycles. The van der Waals surface area contributed by atoms with Crippen molar-refractivity contribution in [1.29, 1.82) is 0 Å². The number of aromatic nitrogens is 2. The maximum absolute atomic E-state index is 12.2. The number of halogens is 2. The summed E-state index contributed by atoms with van der Waals surface area (Å²) in [7, 11) is 0. The van der Waals surface area contributed by atoms with E-state index < -0.39 is 13.0 Å². The van der Waals surface area contributed by atoms with Crippen molar-refractivity contribution >= 4 is 11.6 Å². The molecule has 1 heterocycles. The molecule has 18 heavy (non-hydrogen) atoms. The Balaban J connectivity index is 2.02. The standard InChI is InChI=1S/C11H16F2N4O/c12-9(13)6-17-5-8(14)10(16-17)11(18)15-7-3-1-2-4-7/h5,7,9H,1-4,6,14H2,(H,15,18). The summed E-state index contributed by atoms with van der Waals surface area (Å²) in [5.41, 5.74) is 5.76. The molecule has 1 aromatic heterocycles. The molecule has 1 saturated carbocycles. The van der Waals surface area contributed by atoms with Crippen molar-refractivity contribution in [3.63, 3.8) is 0 Å². The zero-order valence-corrected chi connectivity index (χ0v) is 9.90. The Morgan fingerprint density at radius 1 is 1.56 bits per heavy atom. The van der Waals surface area contributed by atoms with Crippen LogP contribution in [-0.2, 0) is 6.54 Å². The molecule has 0 aromatic carbocycles. The van der Waals surface area contributed by atoms with Crippen LogP contribution in [0, 0.1) is 0 Å². The van der Waals surface area contributed by atoms with Gasteiger partial charge in [-0.05, 0) is 12.8 Å². The van der Waals surface area contributed by atoms with Crippen LogP contribution in [0.3, 0.4) is 0 Å². The van der Waals surface area contributed by atoms with Gasteiger partial charge < -0.3 is 11.1 Å². The summed E-state index contributed by atoms with van der Waals surface area (Å²) in [6, 6.07) is 0.150. The lowest BCUT2D eigenvalue weighted by atomic mass is 10.2. The SMILES string of the molecule is Nc1cn(CC(F)F)nc1C(=O)NC1CCCC1. The molecule has 5 nitrogen and oxygen atoms in total. The van der Waals surface area contributed by atoms with Gasteiger partial charge in [0.1, 0.15) is 6.54 Å². The molecular formula is C11H16F2N4O. The van der Waals surface area contributed by atoms with Crippen molar-refractivity contribution in [2.24, 2.45) is 0 Å². The molecule has 100 valence electrons. The van der Waals surface area contributed by atoms with E-state index in [2.05, 4.69) is 10.4 Å². The van der Waals surface area contributed by atoms with Crippen molar-refractivity contribution in [2.75, 3.05) is 5.73 Å². The smallest absolute Gasteiger partial charge is 0.274 e. The highest BCUT2D eigenvalue weighted by molar-refractivity contribution is 5.97. The van der Waals surface area contributed by atoms with Gasteiger partial charge in [0.15, 0.2) is 5.69 Å². The molecule has 0 radical (unpaired) electrons. The largest absolute Gasteiger partial charge is 0.396 e. The number of carbonyl (C=O) groups excluding carboxylic acids is 1. The van der Waals surface area contributed by atoms with Crippen LogP contribution < -0.4 is 11.1 Å². The number of carbonyl (C=O) groups is 1. The number of nitrogens with two attached hydrogens (primary N) is 1.